The van der Waals surface area contributed by atoms with Crippen LogP contribution in [0.25, 0.3) is 99.3 Å². The van der Waals surface area contributed by atoms with Gasteiger partial charge >= 0.3 is 0 Å². The molecule has 5 heteroatoms. The minimum absolute atomic E-state index is 0.927. The van der Waals surface area contributed by atoms with E-state index in [1.807, 2.05) is 24.4 Å². The van der Waals surface area contributed by atoms with Gasteiger partial charge in [0.1, 0.15) is 0 Å². The van der Waals surface area contributed by atoms with Crippen LogP contribution in [0.1, 0.15) is 0 Å². The summed E-state index contributed by atoms with van der Waals surface area (Å²) in [6.07, 6.45) is 5.42. The number of aromatic nitrogens is 5. The largest absolute Gasteiger partial charge is 0.265 e. The van der Waals surface area contributed by atoms with Crippen LogP contribution in [-0.2, 0) is 0 Å². The molecule has 232 valence electrons. The van der Waals surface area contributed by atoms with E-state index in [1.54, 1.807) is 12.4 Å². The maximum atomic E-state index is 5.06. The smallest absolute Gasteiger partial charge is 0.0972 e. The molecule has 0 saturated heterocycles. The van der Waals surface area contributed by atoms with Crippen molar-refractivity contribution in [2.45, 2.75) is 0 Å². The molecule has 5 heterocycles. The number of rotatable bonds is 4. The number of hydrogen-bond donors (Lipinski definition) is 0. The van der Waals surface area contributed by atoms with E-state index in [4.69, 9.17) is 15.0 Å². The standard InChI is InChI=1S/C45H27N5/c1-2-29-3-4-30-9-14-43(50-45(30)44(29)47-21-1)36-8-6-31-24-35(7-5-32(31)25-36)42-18-13-38-27-34(11-16-41(38)49-42)33-10-15-40-37(26-33)12-17-39(48-40)28-19-22-46-23-20-28/h1-27H. The molecule has 10 aromatic rings. The molecule has 0 amide bonds. The van der Waals surface area contributed by atoms with Crippen molar-refractivity contribution < 1.29 is 0 Å². The number of benzene rings is 5. The molecule has 0 spiro atoms. The number of nitrogens with zero attached hydrogens (tertiary/aromatic N) is 5. The van der Waals surface area contributed by atoms with Crippen LogP contribution < -0.4 is 0 Å². The molecule has 0 bridgehead atoms. The van der Waals surface area contributed by atoms with Gasteiger partial charge in [0.25, 0.3) is 0 Å². The van der Waals surface area contributed by atoms with Gasteiger partial charge in [-0.25, -0.2) is 15.0 Å². The van der Waals surface area contributed by atoms with Gasteiger partial charge < -0.3 is 0 Å². The summed E-state index contributed by atoms with van der Waals surface area (Å²) in [5.41, 5.74) is 12.2. The lowest BCUT2D eigenvalue weighted by molar-refractivity contribution is 1.31. The predicted octanol–water partition coefficient (Wildman–Crippen LogP) is 11.1. The predicted molar refractivity (Wildman–Crippen MR) is 205 cm³/mol. The van der Waals surface area contributed by atoms with Crippen LogP contribution in [0.2, 0.25) is 0 Å². The third-order valence-corrected chi connectivity index (χ3v) is 9.55. The molecular weight excluding hydrogens is 611 g/mol. The van der Waals surface area contributed by atoms with Crippen molar-refractivity contribution in [2.75, 3.05) is 0 Å². The molecule has 0 aliphatic rings. The van der Waals surface area contributed by atoms with Crippen molar-refractivity contribution in [3.8, 4) is 44.9 Å². The molecule has 50 heavy (non-hydrogen) atoms. The lowest BCUT2D eigenvalue weighted by Gasteiger charge is -2.09. The highest BCUT2D eigenvalue weighted by atomic mass is 14.8. The van der Waals surface area contributed by atoms with E-state index < -0.39 is 0 Å². The lowest BCUT2D eigenvalue weighted by Crippen LogP contribution is -1.89. The monoisotopic (exact) mass is 637 g/mol. The fourth-order valence-electron chi connectivity index (χ4n) is 6.90. The summed E-state index contributed by atoms with van der Waals surface area (Å²) in [4.78, 5) is 23.7. The van der Waals surface area contributed by atoms with E-state index in [2.05, 4.69) is 137 Å². The molecule has 0 fully saturated rings. The van der Waals surface area contributed by atoms with Gasteiger partial charge in [-0.1, -0.05) is 72.8 Å². The summed E-state index contributed by atoms with van der Waals surface area (Å²) in [6, 6.07) is 51.0. The Morgan fingerprint density at radius 2 is 0.780 bits per heavy atom. The molecule has 0 atom stereocenters. The zero-order valence-electron chi connectivity index (χ0n) is 26.8. The quantitative estimate of drug-likeness (QED) is 0.180. The highest BCUT2D eigenvalue weighted by molar-refractivity contribution is 6.03. The van der Waals surface area contributed by atoms with Gasteiger partial charge in [-0.15, -0.1) is 0 Å². The summed E-state index contributed by atoms with van der Waals surface area (Å²) in [5.74, 6) is 0. The van der Waals surface area contributed by atoms with Gasteiger partial charge in [0, 0.05) is 56.8 Å². The molecule has 0 radical (unpaired) electrons. The Morgan fingerprint density at radius 3 is 1.42 bits per heavy atom. The molecule has 0 aliphatic heterocycles. The van der Waals surface area contributed by atoms with Crippen molar-refractivity contribution in [3.05, 3.63) is 164 Å². The van der Waals surface area contributed by atoms with Crippen LogP contribution in [-0.4, -0.2) is 24.9 Å². The molecule has 0 aliphatic carbocycles. The first-order valence-corrected chi connectivity index (χ1v) is 16.6. The second kappa shape index (κ2) is 11.4. The normalized spacial score (nSPS) is 11.6. The summed E-state index contributed by atoms with van der Waals surface area (Å²) < 4.78 is 0. The molecule has 5 aromatic carbocycles. The highest BCUT2D eigenvalue weighted by Gasteiger charge is 2.10. The number of fused-ring (bicyclic) bond motifs is 6. The van der Waals surface area contributed by atoms with Gasteiger partial charge in [-0.2, -0.15) is 0 Å². The summed E-state index contributed by atoms with van der Waals surface area (Å²) in [7, 11) is 0. The van der Waals surface area contributed by atoms with Crippen LogP contribution >= 0.6 is 0 Å². The Balaban J connectivity index is 0.937. The molecule has 10 rings (SSSR count). The summed E-state index contributed by atoms with van der Waals surface area (Å²) >= 11 is 0. The van der Waals surface area contributed by atoms with E-state index in [0.717, 1.165) is 99.3 Å². The van der Waals surface area contributed by atoms with Crippen molar-refractivity contribution in [2.24, 2.45) is 0 Å². The molecule has 0 N–H and O–H groups in total. The average molecular weight is 638 g/mol. The molecule has 0 unspecified atom stereocenters. The van der Waals surface area contributed by atoms with Gasteiger partial charge in [0.2, 0.25) is 0 Å². The third-order valence-electron chi connectivity index (χ3n) is 9.55. The van der Waals surface area contributed by atoms with Gasteiger partial charge in [0.15, 0.2) is 0 Å². The van der Waals surface area contributed by atoms with Crippen LogP contribution in [0.5, 0.6) is 0 Å². The van der Waals surface area contributed by atoms with Gasteiger partial charge in [0.05, 0.1) is 39.1 Å². The van der Waals surface area contributed by atoms with Crippen LogP contribution in [0.3, 0.4) is 0 Å². The first kappa shape index (κ1) is 28.2. The summed E-state index contributed by atoms with van der Waals surface area (Å²) in [6.45, 7) is 0. The van der Waals surface area contributed by atoms with E-state index in [9.17, 15) is 0 Å². The van der Waals surface area contributed by atoms with Crippen LogP contribution in [0, 0.1) is 0 Å². The zero-order valence-corrected chi connectivity index (χ0v) is 26.8. The topological polar surface area (TPSA) is 64.5 Å². The van der Waals surface area contributed by atoms with Crippen molar-refractivity contribution >= 4 is 54.4 Å². The SMILES string of the molecule is c1cnc2c(c1)ccc1ccc(-c3ccc4cc(-c5ccc6cc(-c7ccc8nc(-c9ccncc9)ccc8c7)ccc6n5)ccc4c3)nc12. The lowest BCUT2D eigenvalue weighted by atomic mass is 9.99. The van der Waals surface area contributed by atoms with Crippen molar-refractivity contribution in [1.29, 1.82) is 0 Å². The minimum Gasteiger partial charge on any atom is -0.265 e. The second-order valence-corrected chi connectivity index (χ2v) is 12.6. The Bertz CT molecular complexity index is 2940. The fraction of sp³-hybridized carbons (Fsp3) is 0. The first-order chi connectivity index (χ1) is 24.7. The third kappa shape index (κ3) is 4.92. The van der Waals surface area contributed by atoms with E-state index >= 15 is 0 Å². The van der Waals surface area contributed by atoms with E-state index in [0.29, 0.717) is 0 Å². The average Bonchev–Trinajstić information content (AvgIpc) is 3.19. The maximum Gasteiger partial charge on any atom is 0.0972 e. The molecule has 0 saturated carbocycles. The van der Waals surface area contributed by atoms with E-state index in [-0.39, 0.29) is 0 Å². The highest BCUT2D eigenvalue weighted by Crippen LogP contribution is 2.32. The Hall–Kier alpha value is -6.85. The second-order valence-electron chi connectivity index (χ2n) is 12.6. The Kier molecular flexibility index (Phi) is 6.42. The Morgan fingerprint density at radius 1 is 0.300 bits per heavy atom. The first-order valence-electron chi connectivity index (χ1n) is 16.6. The summed E-state index contributed by atoms with van der Waals surface area (Å²) in [5, 5.41) is 6.72. The number of hydrogen-bond acceptors (Lipinski definition) is 5. The van der Waals surface area contributed by atoms with Gasteiger partial charge in [-0.05, 0) is 94.7 Å². The molecule has 5 nitrogen and oxygen atoms in total. The minimum atomic E-state index is 0.927. The van der Waals surface area contributed by atoms with E-state index in [1.165, 1.54) is 0 Å². The van der Waals surface area contributed by atoms with Crippen LogP contribution in [0.15, 0.2) is 164 Å². The van der Waals surface area contributed by atoms with Crippen LogP contribution in [0.4, 0.5) is 0 Å². The van der Waals surface area contributed by atoms with Gasteiger partial charge in [-0.3, -0.25) is 9.97 Å². The zero-order chi connectivity index (χ0) is 33.0. The molecule has 5 aromatic heterocycles. The van der Waals surface area contributed by atoms with Crippen molar-refractivity contribution in [3.63, 3.8) is 0 Å². The fourth-order valence-corrected chi connectivity index (χ4v) is 6.90. The Labute approximate surface area is 287 Å². The molecular formula is C45H27N5. The van der Waals surface area contributed by atoms with Crippen molar-refractivity contribution in [1.82, 2.24) is 24.9 Å². The number of pyridine rings is 5. The maximum absolute atomic E-state index is 5.06.